The summed E-state index contributed by atoms with van der Waals surface area (Å²) in [5.41, 5.74) is 1.23. The van der Waals surface area contributed by atoms with E-state index in [0.717, 1.165) is 6.42 Å². The van der Waals surface area contributed by atoms with Gasteiger partial charge in [0.05, 0.1) is 11.8 Å². The highest BCUT2D eigenvalue weighted by Crippen LogP contribution is 2.52. The van der Waals surface area contributed by atoms with Crippen LogP contribution in [0.1, 0.15) is 47.0 Å². The molecule has 3 nitrogen and oxygen atoms in total. The van der Waals surface area contributed by atoms with Crippen LogP contribution in [0, 0.1) is 23.2 Å². The zero-order valence-corrected chi connectivity index (χ0v) is 14.0. The molecule has 2 bridgehead atoms. The minimum atomic E-state index is -0.632. The van der Waals surface area contributed by atoms with Crippen LogP contribution >= 0.6 is 0 Å². The quantitative estimate of drug-likeness (QED) is 0.626. The van der Waals surface area contributed by atoms with Crippen LogP contribution in [-0.2, 0) is 9.59 Å². The number of carbonyl (C=O) groups is 2. The number of ketones is 2. The van der Waals surface area contributed by atoms with Gasteiger partial charge < -0.3 is 5.11 Å². The minimum Gasteiger partial charge on any atom is -0.511 e. The predicted molar refractivity (Wildman–Crippen MR) is 87.4 cm³/mol. The van der Waals surface area contributed by atoms with Crippen molar-refractivity contribution >= 4 is 11.6 Å². The van der Waals surface area contributed by atoms with E-state index >= 15 is 0 Å². The van der Waals surface area contributed by atoms with Crippen molar-refractivity contribution in [3.05, 3.63) is 35.6 Å². The lowest BCUT2D eigenvalue weighted by Crippen LogP contribution is -2.53. The largest absolute Gasteiger partial charge is 0.511 e. The molecule has 3 atom stereocenters. The third kappa shape index (κ3) is 2.57. The van der Waals surface area contributed by atoms with E-state index in [2.05, 4.69) is 12.7 Å². The Labute approximate surface area is 132 Å². The summed E-state index contributed by atoms with van der Waals surface area (Å²) < 4.78 is 0. The first-order valence-electron chi connectivity index (χ1n) is 7.96. The second-order valence-corrected chi connectivity index (χ2v) is 7.38. The molecule has 0 aromatic carbocycles. The third-order valence-corrected chi connectivity index (χ3v) is 5.30. The Morgan fingerprint density at radius 3 is 2.55 bits per heavy atom. The van der Waals surface area contributed by atoms with Crippen molar-refractivity contribution in [2.75, 3.05) is 0 Å². The van der Waals surface area contributed by atoms with E-state index in [-0.39, 0.29) is 28.7 Å². The average molecular weight is 302 g/mol. The molecule has 0 aromatic rings. The molecule has 2 aliphatic carbocycles. The number of rotatable bonds is 4. The molecule has 2 aliphatic rings. The summed E-state index contributed by atoms with van der Waals surface area (Å²) in [5.74, 6) is -1.25. The minimum absolute atomic E-state index is 0.0103. The molecule has 1 saturated carbocycles. The summed E-state index contributed by atoms with van der Waals surface area (Å²) in [6, 6.07) is 0. The van der Waals surface area contributed by atoms with Gasteiger partial charge in [0.25, 0.3) is 0 Å². The highest BCUT2D eigenvalue weighted by Gasteiger charge is 2.56. The summed E-state index contributed by atoms with van der Waals surface area (Å²) >= 11 is 0. The molecule has 22 heavy (non-hydrogen) atoms. The number of allylic oxidation sites excluding steroid dienone is 5. The van der Waals surface area contributed by atoms with Gasteiger partial charge in [0.2, 0.25) is 0 Å². The first kappa shape index (κ1) is 16.7. The highest BCUT2D eigenvalue weighted by molar-refractivity contribution is 6.15. The summed E-state index contributed by atoms with van der Waals surface area (Å²) in [5, 5.41) is 10.4. The van der Waals surface area contributed by atoms with Crippen molar-refractivity contribution in [1.82, 2.24) is 0 Å². The summed E-state index contributed by atoms with van der Waals surface area (Å²) in [6.45, 7) is 11.8. The molecule has 0 amide bonds. The lowest BCUT2D eigenvalue weighted by molar-refractivity contribution is -0.147. The van der Waals surface area contributed by atoms with E-state index in [1.165, 1.54) is 5.57 Å². The zero-order chi connectivity index (χ0) is 16.7. The summed E-state index contributed by atoms with van der Waals surface area (Å²) in [4.78, 5) is 25.4. The number of aliphatic hydroxyl groups is 1. The van der Waals surface area contributed by atoms with Crippen LogP contribution in [0.5, 0.6) is 0 Å². The van der Waals surface area contributed by atoms with Crippen LogP contribution in [0.15, 0.2) is 35.6 Å². The maximum absolute atomic E-state index is 12.7. The molecule has 0 aliphatic heterocycles. The van der Waals surface area contributed by atoms with Gasteiger partial charge in [-0.2, -0.15) is 0 Å². The van der Waals surface area contributed by atoms with Crippen molar-refractivity contribution in [2.24, 2.45) is 23.2 Å². The number of hydrogen-bond acceptors (Lipinski definition) is 3. The Kier molecular flexibility index (Phi) is 4.46. The molecule has 0 aromatic heterocycles. The second kappa shape index (κ2) is 5.86. The molecule has 120 valence electrons. The summed E-state index contributed by atoms with van der Waals surface area (Å²) in [6.07, 6.45) is 5.56. The van der Waals surface area contributed by atoms with Crippen molar-refractivity contribution < 1.29 is 14.7 Å². The Balaban J connectivity index is 2.46. The molecule has 0 heterocycles. The predicted octanol–water partition coefficient (Wildman–Crippen LogP) is 4.16. The molecule has 1 fully saturated rings. The molecule has 0 unspecified atom stereocenters. The van der Waals surface area contributed by atoms with Crippen molar-refractivity contribution in [3.63, 3.8) is 0 Å². The average Bonchev–Trinajstić information content (AvgIpc) is 2.41. The van der Waals surface area contributed by atoms with E-state index in [0.29, 0.717) is 18.4 Å². The number of hydrogen-bond donors (Lipinski definition) is 1. The van der Waals surface area contributed by atoms with Gasteiger partial charge in [-0.1, -0.05) is 31.6 Å². The fourth-order valence-corrected chi connectivity index (χ4v) is 3.86. The van der Waals surface area contributed by atoms with Gasteiger partial charge in [0.15, 0.2) is 11.6 Å². The first-order chi connectivity index (χ1) is 10.2. The maximum Gasteiger partial charge on any atom is 0.173 e. The standard InChI is InChI=1S/C19H26O3/c1-6-7-13-16(20)14-10-12(9-8-11(2)3)19(4,5)15(17(13)21)18(14)22/h6,8,12,14-15,20H,1,7,9-10H2,2-5H3/t12-,14+,15-/m0/s1. The molecule has 0 spiro atoms. The van der Waals surface area contributed by atoms with Crippen LogP contribution in [0.25, 0.3) is 0 Å². The molecule has 0 saturated heterocycles. The van der Waals surface area contributed by atoms with Gasteiger partial charge in [-0.15, -0.1) is 6.58 Å². The lowest BCUT2D eigenvalue weighted by atomic mass is 9.53. The second-order valence-electron chi connectivity index (χ2n) is 7.38. The highest BCUT2D eigenvalue weighted by atomic mass is 16.3. The van der Waals surface area contributed by atoms with E-state index in [4.69, 9.17) is 0 Å². The number of carbonyl (C=O) groups excluding carboxylic acids is 2. The zero-order valence-electron chi connectivity index (χ0n) is 14.0. The van der Waals surface area contributed by atoms with Crippen molar-refractivity contribution in [3.8, 4) is 0 Å². The fraction of sp³-hybridized carbons (Fsp3) is 0.579. The molecule has 1 N–H and O–H groups in total. The van der Waals surface area contributed by atoms with Gasteiger partial charge in [-0.25, -0.2) is 0 Å². The number of aliphatic hydroxyl groups excluding tert-OH is 1. The van der Waals surface area contributed by atoms with Crippen molar-refractivity contribution in [2.45, 2.75) is 47.0 Å². The molecule has 0 radical (unpaired) electrons. The Hall–Kier alpha value is -1.64. The van der Waals surface area contributed by atoms with E-state index < -0.39 is 11.8 Å². The third-order valence-electron chi connectivity index (χ3n) is 5.30. The molecule has 2 rings (SSSR count). The Morgan fingerprint density at radius 2 is 2.00 bits per heavy atom. The van der Waals surface area contributed by atoms with Gasteiger partial charge >= 0.3 is 0 Å². The number of fused-ring (bicyclic) bond motifs is 2. The fourth-order valence-electron chi connectivity index (χ4n) is 3.86. The van der Waals surface area contributed by atoms with E-state index in [9.17, 15) is 14.7 Å². The smallest absolute Gasteiger partial charge is 0.173 e. The van der Waals surface area contributed by atoms with Gasteiger partial charge in [-0.3, -0.25) is 9.59 Å². The SMILES string of the molecule is C=CCC1=C(O)[C@H]2C[C@H](CC=C(C)C)C(C)(C)[C@@H](C1=O)C2=O. The van der Waals surface area contributed by atoms with E-state index in [1.54, 1.807) is 6.08 Å². The van der Waals surface area contributed by atoms with Crippen LogP contribution in [0.3, 0.4) is 0 Å². The monoisotopic (exact) mass is 302 g/mol. The molecular formula is C19H26O3. The van der Waals surface area contributed by atoms with E-state index in [1.807, 2.05) is 27.7 Å². The first-order valence-corrected chi connectivity index (χ1v) is 7.96. The van der Waals surface area contributed by atoms with Crippen LogP contribution in [0.4, 0.5) is 0 Å². The molecular weight excluding hydrogens is 276 g/mol. The van der Waals surface area contributed by atoms with Crippen LogP contribution in [-0.4, -0.2) is 16.7 Å². The lowest BCUT2D eigenvalue weighted by Gasteiger charge is -2.48. The van der Waals surface area contributed by atoms with Gasteiger partial charge in [-0.05, 0) is 44.4 Å². The Morgan fingerprint density at radius 1 is 1.36 bits per heavy atom. The maximum atomic E-state index is 12.7. The van der Waals surface area contributed by atoms with Gasteiger partial charge in [0, 0.05) is 5.57 Å². The van der Waals surface area contributed by atoms with Crippen LogP contribution in [0.2, 0.25) is 0 Å². The van der Waals surface area contributed by atoms with Crippen molar-refractivity contribution in [1.29, 1.82) is 0 Å². The normalized spacial score (nSPS) is 30.3. The molecule has 3 heteroatoms. The Bertz CT molecular complexity index is 573. The van der Waals surface area contributed by atoms with Crippen LogP contribution < -0.4 is 0 Å². The van der Waals surface area contributed by atoms with Gasteiger partial charge in [0.1, 0.15) is 5.76 Å². The summed E-state index contributed by atoms with van der Waals surface area (Å²) in [7, 11) is 0. The topological polar surface area (TPSA) is 54.4 Å². The number of Topliss-reactive ketones (excluding diaryl/α,β-unsaturated/α-hetero) is 2.